The van der Waals surface area contributed by atoms with Crippen LogP contribution >= 0.6 is 15.9 Å². The van der Waals surface area contributed by atoms with E-state index in [4.69, 9.17) is 4.74 Å². The highest BCUT2D eigenvalue weighted by molar-refractivity contribution is 9.10. The standard InChI is InChI=1S/C11H13BrFNO/c1-7-4-8(12)5-9(11(7)13)10-6-15-3-2-14-10/h4-5,10,14H,2-3,6H2,1H3/t10-/m0/s1. The van der Waals surface area contributed by atoms with E-state index in [-0.39, 0.29) is 11.9 Å². The molecule has 0 aromatic heterocycles. The molecule has 2 rings (SSSR count). The lowest BCUT2D eigenvalue weighted by Crippen LogP contribution is -2.35. The van der Waals surface area contributed by atoms with Crippen molar-refractivity contribution in [2.24, 2.45) is 0 Å². The first-order valence-electron chi connectivity index (χ1n) is 4.95. The number of hydrogen-bond donors (Lipinski definition) is 1. The Morgan fingerprint density at radius 3 is 3.00 bits per heavy atom. The van der Waals surface area contributed by atoms with E-state index < -0.39 is 0 Å². The third-order valence-corrected chi connectivity index (χ3v) is 3.00. The number of benzene rings is 1. The summed E-state index contributed by atoms with van der Waals surface area (Å²) in [7, 11) is 0. The van der Waals surface area contributed by atoms with Crippen molar-refractivity contribution < 1.29 is 9.13 Å². The van der Waals surface area contributed by atoms with Gasteiger partial charge in [0.1, 0.15) is 5.82 Å². The molecular formula is C11H13BrFNO. The van der Waals surface area contributed by atoms with Crippen LogP contribution < -0.4 is 5.32 Å². The van der Waals surface area contributed by atoms with Crippen LogP contribution in [-0.4, -0.2) is 19.8 Å². The second kappa shape index (κ2) is 4.60. The Kier molecular flexibility index (Phi) is 3.38. The van der Waals surface area contributed by atoms with Crippen LogP contribution in [0.2, 0.25) is 0 Å². The average molecular weight is 274 g/mol. The quantitative estimate of drug-likeness (QED) is 0.849. The first-order valence-corrected chi connectivity index (χ1v) is 5.74. The van der Waals surface area contributed by atoms with Crippen molar-refractivity contribution in [3.8, 4) is 0 Å². The maximum Gasteiger partial charge on any atom is 0.131 e. The molecule has 1 aliphatic rings. The molecule has 1 N–H and O–H groups in total. The SMILES string of the molecule is Cc1cc(Br)cc([C@@H]2COCCN2)c1F. The van der Waals surface area contributed by atoms with Gasteiger partial charge in [0.05, 0.1) is 19.3 Å². The number of rotatable bonds is 1. The topological polar surface area (TPSA) is 21.3 Å². The van der Waals surface area contributed by atoms with Gasteiger partial charge in [0, 0.05) is 16.6 Å². The Bertz CT molecular complexity index is 364. The molecule has 0 aliphatic carbocycles. The summed E-state index contributed by atoms with van der Waals surface area (Å²) >= 11 is 3.38. The zero-order valence-corrected chi connectivity index (χ0v) is 10.1. The smallest absolute Gasteiger partial charge is 0.131 e. The molecule has 0 spiro atoms. The van der Waals surface area contributed by atoms with Gasteiger partial charge in [-0.2, -0.15) is 0 Å². The largest absolute Gasteiger partial charge is 0.378 e. The van der Waals surface area contributed by atoms with Crippen LogP contribution in [0.5, 0.6) is 0 Å². The Balaban J connectivity index is 2.33. The minimum atomic E-state index is -0.138. The molecule has 0 saturated carbocycles. The van der Waals surface area contributed by atoms with Crippen LogP contribution in [0.4, 0.5) is 4.39 Å². The molecule has 82 valence electrons. The van der Waals surface area contributed by atoms with E-state index in [1.165, 1.54) is 0 Å². The van der Waals surface area contributed by atoms with Crippen LogP contribution in [-0.2, 0) is 4.74 Å². The minimum Gasteiger partial charge on any atom is -0.378 e. The van der Waals surface area contributed by atoms with Crippen molar-refractivity contribution in [3.05, 3.63) is 33.5 Å². The molecule has 1 saturated heterocycles. The van der Waals surface area contributed by atoms with Gasteiger partial charge in [-0.05, 0) is 24.6 Å². The molecule has 1 atom stereocenters. The highest BCUT2D eigenvalue weighted by atomic mass is 79.9. The predicted octanol–water partition coefficient (Wildman–Crippen LogP) is 2.56. The molecule has 1 aromatic rings. The summed E-state index contributed by atoms with van der Waals surface area (Å²) in [6, 6.07) is 3.56. The Morgan fingerprint density at radius 2 is 2.33 bits per heavy atom. The molecule has 4 heteroatoms. The zero-order chi connectivity index (χ0) is 10.8. The van der Waals surface area contributed by atoms with Gasteiger partial charge in [0.2, 0.25) is 0 Å². The summed E-state index contributed by atoms with van der Waals surface area (Å²) < 4.78 is 20.1. The van der Waals surface area contributed by atoms with E-state index in [1.807, 2.05) is 6.07 Å². The lowest BCUT2D eigenvalue weighted by atomic mass is 10.0. The van der Waals surface area contributed by atoms with Gasteiger partial charge in [-0.25, -0.2) is 4.39 Å². The lowest BCUT2D eigenvalue weighted by Gasteiger charge is -2.25. The first kappa shape index (κ1) is 11.0. The van der Waals surface area contributed by atoms with Gasteiger partial charge < -0.3 is 10.1 Å². The van der Waals surface area contributed by atoms with Gasteiger partial charge in [-0.15, -0.1) is 0 Å². The molecule has 1 aromatic carbocycles. The summed E-state index contributed by atoms with van der Waals surface area (Å²) in [6.45, 7) is 3.78. The number of halogens is 2. The van der Waals surface area contributed by atoms with Gasteiger partial charge >= 0.3 is 0 Å². The summed E-state index contributed by atoms with van der Waals surface area (Å²) in [5, 5.41) is 3.24. The van der Waals surface area contributed by atoms with E-state index in [0.717, 1.165) is 11.0 Å². The molecular weight excluding hydrogens is 261 g/mol. The van der Waals surface area contributed by atoms with Crippen LogP contribution in [0.3, 0.4) is 0 Å². The van der Waals surface area contributed by atoms with Crippen molar-refractivity contribution in [2.75, 3.05) is 19.8 Å². The van der Waals surface area contributed by atoms with Crippen LogP contribution in [0.1, 0.15) is 17.2 Å². The fourth-order valence-electron chi connectivity index (χ4n) is 1.77. The van der Waals surface area contributed by atoms with Crippen molar-refractivity contribution >= 4 is 15.9 Å². The lowest BCUT2D eigenvalue weighted by molar-refractivity contribution is 0.0757. The molecule has 0 radical (unpaired) electrons. The molecule has 1 fully saturated rings. The van der Waals surface area contributed by atoms with E-state index in [1.54, 1.807) is 13.0 Å². The number of hydrogen-bond acceptors (Lipinski definition) is 2. The monoisotopic (exact) mass is 273 g/mol. The fraction of sp³-hybridized carbons (Fsp3) is 0.455. The average Bonchev–Trinajstić information content (AvgIpc) is 2.24. The second-order valence-electron chi connectivity index (χ2n) is 3.71. The maximum absolute atomic E-state index is 13.8. The van der Waals surface area contributed by atoms with E-state index in [2.05, 4.69) is 21.2 Å². The third-order valence-electron chi connectivity index (χ3n) is 2.54. The Labute approximate surface area is 96.9 Å². The number of morpholine rings is 1. The summed E-state index contributed by atoms with van der Waals surface area (Å²) in [4.78, 5) is 0. The molecule has 1 heterocycles. The van der Waals surface area contributed by atoms with Crippen molar-refractivity contribution in [3.63, 3.8) is 0 Å². The second-order valence-corrected chi connectivity index (χ2v) is 4.62. The summed E-state index contributed by atoms with van der Waals surface area (Å²) in [6.07, 6.45) is 0. The predicted molar refractivity (Wildman–Crippen MR) is 60.4 cm³/mol. The third kappa shape index (κ3) is 2.38. The van der Waals surface area contributed by atoms with Gasteiger partial charge in [0.25, 0.3) is 0 Å². The van der Waals surface area contributed by atoms with Crippen molar-refractivity contribution in [2.45, 2.75) is 13.0 Å². The van der Waals surface area contributed by atoms with E-state index >= 15 is 0 Å². The molecule has 15 heavy (non-hydrogen) atoms. The summed E-state index contributed by atoms with van der Waals surface area (Å²) in [5.74, 6) is -0.138. The Hall–Kier alpha value is -0.450. The highest BCUT2D eigenvalue weighted by Crippen LogP contribution is 2.25. The van der Waals surface area contributed by atoms with Crippen molar-refractivity contribution in [1.82, 2.24) is 5.32 Å². The van der Waals surface area contributed by atoms with Crippen LogP contribution in [0, 0.1) is 12.7 Å². The maximum atomic E-state index is 13.8. The van der Waals surface area contributed by atoms with Gasteiger partial charge in [0.15, 0.2) is 0 Å². The van der Waals surface area contributed by atoms with E-state index in [9.17, 15) is 4.39 Å². The minimum absolute atomic E-state index is 0.0325. The molecule has 0 bridgehead atoms. The number of nitrogens with one attached hydrogen (secondary N) is 1. The molecule has 1 aliphatic heterocycles. The highest BCUT2D eigenvalue weighted by Gasteiger charge is 2.20. The molecule has 2 nitrogen and oxygen atoms in total. The first-order chi connectivity index (χ1) is 7.18. The summed E-state index contributed by atoms with van der Waals surface area (Å²) in [5.41, 5.74) is 1.34. The van der Waals surface area contributed by atoms with Gasteiger partial charge in [-0.1, -0.05) is 15.9 Å². The van der Waals surface area contributed by atoms with Gasteiger partial charge in [-0.3, -0.25) is 0 Å². The number of ether oxygens (including phenoxy) is 1. The van der Waals surface area contributed by atoms with Crippen LogP contribution in [0.25, 0.3) is 0 Å². The molecule has 0 unspecified atom stereocenters. The number of aryl methyl sites for hydroxylation is 1. The van der Waals surface area contributed by atoms with Crippen molar-refractivity contribution in [1.29, 1.82) is 0 Å². The zero-order valence-electron chi connectivity index (χ0n) is 8.52. The Morgan fingerprint density at radius 1 is 1.53 bits per heavy atom. The van der Waals surface area contributed by atoms with E-state index in [0.29, 0.717) is 24.3 Å². The molecule has 0 amide bonds. The van der Waals surface area contributed by atoms with Crippen LogP contribution in [0.15, 0.2) is 16.6 Å². The normalized spacial score (nSPS) is 21.7. The fourth-order valence-corrected chi connectivity index (χ4v) is 2.36.